The summed E-state index contributed by atoms with van der Waals surface area (Å²) in [5.74, 6) is -3.47. The van der Waals surface area contributed by atoms with Crippen LogP contribution in [0.5, 0.6) is 0 Å². The first-order valence-corrected chi connectivity index (χ1v) is 5.94. The van der Waals surface area contributed by atoms with Crippen molar-refractivity contribution in [2.24, 2.45) is 0 Å². The summed E-state index contributed by atoms with van der Waals surface area (Å²) in [6.45, 7) is -1.71. The molecule has 0 bridgehead atoms. The molecule has 0 atom stereocenters. The van der Waals surface area contributed by atoms with E-state index in [1.807, 2.05) is 0 Å². The molecule has 102 valence electrons. The van der Waals surface area contributed by atoms with Crippen molar-refractivity contribution in [3.05, 3.63) is 48.3 Å². The fraction of sp³-hybridized carbons (Fsp3) is 0.143. The van der Waals surface area contributed by atoms with Crippen molar-refractivity contribution < 1.29 is 13.2 Å². The second-order valence-electron chi connectivity index (χ2n) is 4.45. The summed E-state index contributed by atoms with van der Waals surface area (Å²) in [5.41, 5.74) is 2.28. The van der Waals surface area contributed by atoms with E-state index in [4.69, 9.17) is 0 Å². The predicted octanol–water partition coefficient (Wildman–Crippen LogP) is 3.69. The van der Waals surface area contributed by atoms with E-state index in [9.17, 15) is 13.2 Å². The molecular formula is C14H10F3N3. The fourth-order valence-electron chi connectivity index (χ4n) is 1.99. The average molecular weight is 277 g/mol. The number of halogens is 3. The first kappa shape index (κ1) is 12.7. The van der Waals surface area contributed by atoms with Crippen LogP contribution in [0, 0.1) is 0 Å². The van der Waals surface area contributed by atoms with Crippen LogP contribution < -0.4 is 0 Å². The van der Waals surface area contributed by atoms with Gasteiger partial charge in [0.25, 0.3) is 0 Å². The zero-order valence-electron chi connectivity index (χ0n) is 10.3. The van der Waals surface area contributed by atoms with Crippen LogP contribution in [0.1, 0.15) is 5.56 Å². The number of hydrogen-bond acceptors (Lipinski definition) is 2. The number of nitrogens with one attached hydrogen (secondary N) is 1. The summed E-state index contributed by atoms with van der Waals surface area (Å²) in [4.78, 5) is 4.17. The largest absolute Gasteiger partial charge is 0.301 e. The molecule has 1 aromatic carbocycles. The molecule has 0 aliphatic rings. The minimum absolute atomic E-state index is 0.345. The highest BCUT2D eigenvalue weighted by Gasteiger charge is 2.31. The summed E-state index contributed by atoms with van der Waals surface area (Å²) in [5, 5.41) is 6.61. The highest BCUT2D eigenvalue weighted by atomic mass is 19.3. The molecule has 20 heavy (non-hydrogen) atoms. The van der Waals surface area contributed by atoms with Crippen LogP contribution in [0.2, 0.25) is 0 Å². The number of rotatable bonds is 3. The van der Waals surface area contributed by atoms with Gasteiger partial charge in [0, 0.05) is 17.3 Å². The minimum Gasteiger partial charge on any atom is -0.276 e. The Balaban J connectivity index is 2.07. The number of aromatic nitrogens is 3. The van der Waals surface area contributed by atoms with Crippen molar-refractivity contribution in [2.75, 3.05) is 6.67 Å². The number of hydrogen-bond donors (Lipinski definition) is 1. The molecule has 1 N–H and O–H groups in total. The van der Waals surface area contributed by atoms with E-state index in [1.54, 1.807) is 24.5 Å². The lowest BCUT2D eigenvalue weighted by atomic mass is 10.0. The van der Waals surface area contributed by atoms with Gasteiger partial charge in [-0.25, -0.2) is 4.39 Å². The van der Waals surface area contributed by atoms with E-state index in [2.05, 4.69) is 15.2 Å². The molecule has 3 nitrogen and oxygen atoms in total. The van der Waals surface area contributed by atoms with E-state index in [0.29, 0.717) is 22.2 Å². The van der Waals surface area contributed by atoms with Gasteiger partial charge in [0.15, 0.2) is 6.67 Å². The van der Waals surface area contributed by atoms with Gasteiger partial charge >= 0.3 is 5.92 Å². The topological polar surface area (TPSA) is 41.6 Å². The standard InChI is InChI=1S/C14H10F3N3/c15-8-14(16,17)11-3-1-2-9(4-11)10-5-12-13(18-6-10)7-19-20-12/h1-7H,8H2,(H,19,20). The Bertz CT molecular complexity index is 752. The predicted molar refractivity (Wildman–Crippen MR) is 69.2 cm³/mol. The number of benzene rings is 1. The lowest BCUT2D eigenvalue weighted by Gasteiger charge is -2.13. The Kier molecular flexibility index (Phi) is 2.93. The second kappa shape index (κ2) is 4.63. The number of nitrogens with zero attached hydrogens (tertiary/aromatic N) is 2. The highest BCUT2D eigenvalue weighted by Crippen LogP contribution is 2.31. The molecule has 0 spiro atoms. The van der Waals surface area contributed by atoms with Gasteiger partial charge in [0.1, 0.15) is 5.52 Å². The number of pyridine rings is 1. The Morgan fingerprint density at radius 3 is 2.75 bits per heavy atom. The van der Waals surface area contributed by atoms with Crippen LogP contribution in [0.3, 0.4) is 0 Å². The van der Waals surface area contributed by atoms with Crippen LogP contribution in [-0.2, 0) is 5.92 Å². The third-order valence-electron chi connectivity index (χ3n) is 3.08. The van der Waals surface area contributed by atoms with E-state index >= 15 is 0 Å². The van der Waals surface area contributed by atoms with E-state index in [-0.39, 0.29) is 5.56 Å². The van der Waals surface area contributed by atoms with Gasteiger partial charge in [-0.3, -0.25) is 10.1 Å². The summed E-state index contributed by atoms with van der Waals surface area (Å²) < 4.78 is 39.1. The van der Waals surface area contributed by atoms with Gasteiger partial charge < -0.3 is 0 Å². The maximum Gasteiger partial charge on any atom is 0.301 e. The first-order chi connectivity index (χ1) is 9.60. The van der Waals surface area contributed by atoms with E-state index in [1.165, 1.54) is 18.2 Å². The van der Waals surface area contributed by atoms with Gasteiger partial charge in [-0.2, -0.15) is 13.9 Å². The number of alkyl halides is 3. The lowest BCUT2D eigenvalue weighted by molar-refractivity contribution is -0.0280. The molecule has 2 heterocycles. The molecule has 0 amide bonds. The first-order valence-electron chi connectivity index (χ1n) is 5.94. The smallest absolute Gasteiger partial charge is 0.276 e. The molecule has 0 radical (unpaired) electrons. The lowest BCUT2D eigenvalue weighted by Crippen LogP contribution is -2.15. The van der Waals surface area contributed by atoms with Gasteiger partial charge in [-0.05, 0) is 17.7 Å². The van der Waals surface area contributed by atoms with E-state index in [0.717, 1.165) is 0 Å². The third kappa shape index (κ3) is 2.13. The Hall–Kier alpha value is -2.37. The maximum atomic E-state index is 13.4. The Labute approximate surface area is 112 Å². The zero-order chi connectivity index (χ0) is 14.2. The molecule has 0 saturated heterocycles. The molecule has 0 aliphatic carbocycles. The third-order valence-corrected chi connectivity index (χ3v) is 3.08. The zero-order valence-corrected chi connectivity index (χ0v) is 10.3. The molecule has 0 saturated carbocycles. The van der Waals surface area contributed by atoms with Crippen molar-refractivity contribution in [3.8, 4) is 11.1 Å². The second-order valence-corrected chi connectivity index (χ2v) is 4.45. The van der Waals surface area contributed by atoms with Crippen LogP contribution in [0.4, 0.5) is 13.2 Å². The van der Waals surface area contributed by atoms with E-state index < -0.39 is 12.6 Å². The van der Waals surface area contributed by atoms with Crippen LogP contribution in [-0.4, -0.2) is 21.9 Å². The van der Waals surface area contributed by atoms with Crippen molar-refractivity contribution in [2.45, 2.75) is 5.92 Å². The van der Waals surface area contributed by atoms with Crippen molar-refractivity contribution in [3.63, 3.8) is 0 Å². The van der Waals surface area contributed by atoms with Crippen molar-refractivity contribution in [1.29, 1.82) is 0 Å². The molecular weight excluding hydrogens is 267 g/mol. The van der Waals surface area contributed by atoms with Crippen LogP contribution in [0.15, 0.2) is 42.7 Å². The molecule has 0 aliphatic heterocycles. The quantitative estimate of drug-likeness (QED) is 0.793. The SMILES string of the molecule is FCC(F)(F)c1cccc(-c2cnc3cn[nH]c3c2)c1. The average Bonchev–Trinajstić information content (AvgIpc) is 2.94. The van der Waals surface area contributed by atoms with Gasteiger partial charge in [0.2, 0.25) is 0 Å². The summed E-state index contributed by atoms with van der Waals surface area (Å²) in [6.07, 6.45) is 3.15. The molecule has 2 aromatic heterocycles. The van der Waals surface area contributed by atoms with Gasteiger partial charge in [-0.15, -0.1) is 0 Å². The van der Waals surface area contributed by atoms with Gasteiger partial charge in [-0.1, -0.05) is 18.2 Å². The number of fused-ring (bicyclic) bond motifs is 1. The van der Waals surface area contributed by atoms with Crippen LogP contribution in [0.25, 0.3) is 22.2 Å². The van der Waals surface area contributed by atoms with Crippen molar-refractivity contribution >= 4 is 11.0 Å². The summed E-state index contributed by atoms with van der Waals surface area (Å²) >= 11 is 0. The monoisotopic (exact) mass is 277 g/mol. The summed E-state index contributed by atoms with van der Waals surface area (Å²) in [6, 6.07) is 7.41. The minimum atomic E-state index is -3.47. The fourth-order valence-corrected chi connectivity index (χ4v) is 1.99. The highest BCUT2D eigenvalue weighted by molar-refractivity contribution is 5.79. The molecule has 3 rings (SSSR count). The molecule has 0 unspecified atom stereocenters. The Morgan fingerprint density at radius 1 is 1.10 bits per heavy atom. The molecule has 6 heteroatoms. The number of aromatic amines is 1. The van der Waals surface area contributed by atoms with Crippen molar-refractivity contribution in [1.82, 2.24) is 15.2 Å². The molecule has 0 fully saturated rings. The molecule has 3 aromatic rings. The number of H-pyrrole nitrogens is 1. The van der Waals surface area contributed by atoms with Crippen LogP contribution >= 0.6 is 0 Å². The normalized spacial score (nSPS) is 11.9. The maximum absolute atomic E-state index is 13.4. The van der Waals surface area contributed by atoms with Gasteiger partial charge in [0.05, 0.1) is 11.7 Å². The Morgan fingerprint density at radius 2 is 1.95 bits per heavy atom. The summed E-state index contributed by atoms with van der Waals surface area (Å²) in [7, 11) is 0.